The number of aromatic nitrogens is 2. The molecule has 0 aliphatic carbocycles. The van der Waals surface area contributed by atoms with Crippen molar-refractivity contribution in [2.75, 3.05) is 5.32 Å². The van der Waals surface area contributed by atoms with Crippen molar-refractivity contribution in [1.82, 2.24) is 9.55 Å². The van der Waals surface area contributed by atoms with Crippen molar-refractivity contribution in [3.63, 3.8) is 0 Å². The van der Waals surface area contributed by atoms with Gasteiger partial charge in [-0.3, -0.25) is 9.59 Å². The molecule has 0 spiro atoms. The van der Waals surface area contributed by atoms with E-state index in [-0.39, 0.29) is 23.0 Å². The second-order valence-electron chi connectivity index (χ2n) is 5.53. The summed E-state index contributed by atoms with van der Waals surface area (Å²) in [5.41, 5.74) is 1.84. The number of benzene rings is 1. The van der Waals surface area contributed by atoms with Gasteiger partial charge in [-0.25, -0.2) is 9.37 Å². The fourth-order valence-corrected chi connectivity index (χ4v) is 3.94. The lowest BCUT2D eigenvalue weighted by Gasteiger charge is -2.04. The molecule has 5 nitrogen and oxygen atoms in total. The van der Waals surface area contributed by atoms with Gasteiger partial charge in [-0.2, -0.15) is 0 Å². The number of nitrogens with zero attached hydrogens (tertiary/aromatic N) is 2. The van der Waals surface area contributed by atoms with Crippen molar-refractivity contribution in [1.29, 1.82) is 0 Å². The van der Waals surface area contributed by atoms with E-state index in [9.17, 15) is 14.0 Å². The highest BCUT2D eigenvalue weighted by atomic mass is 32.1. The summed E-state index contributed by atoms with van der Waals surface area (Å²) in [6.07, 6.45) is 2.55. The first kappa shape index (κ1) is 17.5. The van der Waals surface area contributed by atoms with E-state index in [2.05, 4.69) is 10.3 Å². The van der Waals surface area contributed by atoms with Crippen molar-refractivity contribution in [3.8, 4) is 0 Å². The van der Waals surface area contributed by atoms with Gasteiger partial charge >= 0.3 is 4.87 Å². The predicted octanol–water partition coefficient (Wildman–Crippen LogP) is 3.43. The van der Waals surface area contributed by atoms with E-state index in [4.69, 9.17) is 0 Å². The maximum Gasteiger partial charge on any atom is 0.307 e. The Morgan fingerprint density at radius 1 is 1.32 bits per heavy atom. The van der Waals surface area contributed by atoms with Gasteiger partial charge < -0.3 is 9.88 Å². The molecule has 2 heterocycles. The fraction of sp³-hybridized carbons (Fsp3) is 0.235. The number of amides is 1. The summed E-state index contributed by atoms with van der Waals surface area (Å²) >= 11 is 2.52. The second-order valence-corrected chi connectivity index (χ2v) is 7.46. The highest BCUT2D eigenvalue weighted by Crippen LogP contribution is 2.21. The minimum Gasteiger partial charge on any atom is -0.303 e. The maximum atomic E-state index is 12.9. The van der Waals surface area contributed by atoms with Crippen molar-refractivity contribution in [3.05, 3.63) is 67.5 Å². The first-order chi connectivity index (χ1) is 12.0. The molecule has 0 radical (unpaired) electrons. The normalized spacial score (nSPS) is 10.8. The maximum absolute atomic E-state index is 12.9. The average molecular weight is 377 g/mol. The van der Waals surface area contributed by atoms with Gasteiger partial charge in [-0.15, -0.1) is 11.3 Å². The summed E-state index contributed by atoms with van der Waals surface area (Å²) in [7, 11) is 0. The molecule has 130 valence electrons. The Morgan fingerprint density at radius 2 is 2.08 bits per heavy atom. The van der Waals surface area contributed by atoms with Crippen LogP contribution in [0.2, 0.25) is 0 Å². The van der Waals surface area contributed by atoms with Gasteiger partial charge in [0, 0.05) is 41.5 Å². The molecular formula is C17H16FN3O2S2. The predicted molar refractivity (Wildman–Crippen MR) is 97.9 cm³/mol. The third-order valence-corrected chi connectivity index (χ3v) is 5.42. The van der Waals surface area contributed by atoms with Gasteiger partial charge in [0.15, 0.2) is 5.13 Å². The van der Waals surface area contributed by atoms with Crippen LogP contribution in [0, 0.1) is 12.7 Å². The first-order valence-electron chi connectivity index (χ1n) is 7.65. The number of hydrogen-bond acceptors (Lipinski definition) is 5. The first-order valence-corrected chi connectivity index (χ1v) is 9.35. The third-order valence-electron chi connectivity index (χ3n) is 3.63. The fourth-order valence-electron chi connectivity index (χ4n) is 2.32. The third kappa shape index (κ3) is 4.61. The SMILES string of the molecule is Cc1csc(=O)n1CCC(=O)Nc1ncc(Cc2ccc(F)cc2)s1. The number of thiazole rings is 2. The quantitative estimate of drug-likeness (QED) is 0.716. The summed E-state index contributed by atoms with van der Waals surface area (Å²) in [6, 6.07) is 6.31. The van der Waals surface area contributed by atoms with Crippen LogP contribution in [-0.2, 0) is 17.8 Å². The van der Waals surface area contributed by atoms with Crippen LogP contribution in [0.3, 0.4) is 0 Å². The zero-order valence-corrected chi connectivity index (χ0v) is 15.1. The zero-order chi connectivity index (χ0) is 17.8. The van der Waals surface area contributed by atoms with Crippen LogP contribution >= 0.6 is 22.7 Å². The summed E-state index contributed by atoms with van der Waals surface area (Å²) in [5, 5.41) is 5.06. The monoisotopic (exact) mass is 377 g/mol. The molecule has 0 unspecified atom stereocenters. The molecule has 25 heavy (non-hydrogen) atoms. The van der Waals surface area contributed by atoms with E-state index in [0.29, 0.717) is 18.1 Å². The minimum absolute atomic E-state index is 0.0545. The summed E-state index contributed by atoms with van der Waals surface area (Å²) in [5.74, 6) is -0.443. The van der Waals surface area contributed by atoms with E-state index in [1.54, 1.807) is 28.3 Å². The summed E-state index contributed by atoms with van der Waals surface area (Å²) in [4.78, 5) is 28.8. The molecule has 1 aromatic carbocycles. The Kier molecular flexibility index (Phi) is 5.40. The molecule has 1 amide bonds. The molecule has 8 heteroatoms. The van der Waals surface area contributed by atoms with Gasteiger partial charge in [0.25, 0.3) is 0 Å². The van der Waals surface area contributed by atoms with Crippen LogP contribution in [0.15, 0.2) is 40.6 Å². The lowest BCUT2D eigenvalue weighted by molar-refractivity contribution is -0.116. The molecule has 0 atom stereocenters. The zero-order valence-electron chi connectivity index (χ0n) is 13.5. The largest absolute Gasteiger partial charge is 0.307 e. The van der Waals surface area contributed by atoms with Crippen LogP contribution in [0.1, 0.15) is 22.6 Å². The van der Waals surface area contributed by atoms with Gasteiger partial charge in [-0.1, -0.05) is 23.5 Å². The Balaban J connectivity index is 1.54. The molecule has 1 N–H and O–H groups in total. The van der Waals surface area contributed by atoms with Crippen molar-refractivity contribution in [2.24, 2.45) is 0 Å². The van der Waals surface area contributed by atoms with E-state index >= 15 is 0 Å². The van der Waals surface area contributed by atoms with Crippen molar-refractivity contribution >= 4 is 33.7 Å². The molecule has 0 bridgehead atoms. The van der Waals surface area contributed by atoms with Gasteiger partial charge in [0.1, 0.15) is 5.82 Å². The molecule has 0 aliphatic heterocycles. The topological polar surface area (TPSA) is 64.0 Å². The van der Waals surface area contributed by atoms with E-state index in [1.165, 1.54) is 23.5 Å². The number of anilines is 1. The lowest BCUT2D eigenvalue weighted by Crippen LogP contribution is -2.20. The number of hydrogen-bond donors (Lipinski definition) is 1. The van der Waals surface area contributed by atoms with Gasteiger partial charge in [0.2, 0.25) is 5.91 Å². The van der Waals surface area contributed by atoms with Crippen LogP contribution in [0.25, 0.3) is 0 Å². The van der Waals surface area contributed by atoms with E-state index in [0.717, 1.165) is 27.5 Å². The molecular weight excluding hydrogens is 361 g/mol. The molecule has 0 fully saturated rings. The van der Waals surface area contributed by atoms with Crippen molar-refractivity contribution in [2.45, 2.75) is 26.3 Å². The van der Waals surface area contributed by atoms with Gasteiger partial charge in [-0.05, 0) is 24.6 Å². The smallest absolute Gasteiger partial charge is 0.303 e. The number of carbonyl (C=O) groups excluding carboxylic acids is 1. The molecule has 3 rings (SSSR count). The van der Waals surface area contributed by atoms with Crippen LogP contribution in [0.4, 0.5) is 9.52 Å². The number of aryl methyl sites for hydroxylation is 1. The number of rotatable bonds is 6. The molecule has 0 aliphatic rings. The highest BCUT2D eigenvalue weighted by Gasteiger charge is 2.09. The van der Waals surface area contributed by atoms with Crippen molar-refractivity contribution < 1.29 is 9.18 Å². The lowest BCUT2D eigenvalue weighted by atomic mass is 10.1. The number of carbonyl (C=O) groups is 1. The number of halogens is 1. The Labute approximate surface area is 151 Å². The van der Waals surface area contributed by atoms with E-state index in [1.807, 2.05) is 6.92 Å². The summed E-state index contributed by atoms with van der Waals surface area (Å²) < 4.78 is 14.5. The summed E-state index contributed by atoms with van der Waals surface area (Å²) in [6.45, 7) is 2.20. The second kappa shape index (κ2) is 7.71. The standard InChI is InChI=1S/C17H16FN3O2S2/c1-11-10-24-17(23)21(11)7-6-15(22)20-16-19-9-14(25-16)8-12-2-4-13(18)5-3-12/h2-5,9-10H,6-8H2,1H3,(H,19,20,22). The number of nitrogens with one attached hydrogen (secondary N) is 1. The van der Waals surface area contributed by atoms with Crippen LogP contribution < -0.4 is 10.2 Å². The van der Waals surface area contributed by atoms with E-state index < -0.39 is 0 Å². The highest BCUT2D eigenvalue weighted by molar-refractivity contribution is 7.15. The molecule has 0 saturated carbocycles. The Hall–Kier alpha value is -2.32. The van der Waals surface area contributed by atoms with Crippen LogP contribution in [0.5, 0.6) is 0 Å². The minimum atomic E-state index is -0.263. The molecule has 0 saturated heterocycles. The van der Waals surface area contributed by atoms with Crippen LogP contribution in [-0.4, -0.2) is 15.5 Å². The average Bonchev–Trinajstić information content (AvgIpc) is 3.14. The Morgan fingerprint density at radius 3 is 2.76 bits per heavy atom. The Bertz CT molecular complexity index is 928. The van der Waals surface area contributed by atoms with Gasteiger partial charge in [0.05, 0.1) is 0 Å². The molecule has 2 aromatic heterocycles. The molecule has 3 aromatic rings.